The van der Waals surface area contributed by atoms with Gasteiger partial charge in [0.2, 0.25) is 0 Å². The van der Waals surface area contributed by atoms with Crippen molar-refractivity contribution >= 4 is 5.97 Å². The summed E-state index contributed by atoms with van der Waals surface area (Å²) in [5.41, 5.74) is 0.408. The van der Waals surface area contributed by atoms with Crippen LogP contribution in [0.1, 0.15) is 79.1 Å². The van der Waals surface area contributed by atoms with E-state index in [2.05, 4.69) is 20.8 Å². The molecule has 3 N–H and O–H groups in total. The van der Waals surface area contributed by atoms with E-state index in [4.69, 9.17) is 0 Å². The fourth-order valence-corrected chi connectivity index (χ4v) is 8.68. The molecule has 0 radical (unpaired) electrons. The van der Waals surface area contributed by atoms with Crippen LogP contribution in [-0.4, -0.2) is 33.5 Å². The van der Waals surface area contributed by atoms with E-state index in [0.717, 1.165) is 51.4 Å². The predicted octanol–water partition coefficient (Wildman–Crippen LogP) is 4.33. The lowest BCUT2D eigenvalue weighted by molar-refractivity contribution is -0.175. The van der Waals surface area contributed by atoms with Gasteiger partial charge < -0.3 is 15.3 Å². The number of aliphatic hydroxyl groups excluding tert-OH is 2. The van der Waals surface area contributed by atoms with E-state index in [9.17, 15) is 20.1 Å². The number of aliphatic carboxylic acids is 1. The number of carbonyl (C=O) groups is 1. The van der Waals surface area contributed by atoms with Crippen LogP contribution in [0.2, 0.25) is 0 Å². The molecule has 0 bridgehead atoms. The molecule has 1 unspecified atom stereocenters. The van der Waals surface area contributed by atoms with Crippen LogP contribution in [0.3, 0.4) is 0 Å². The van der Waals surface area contributed by atoms with E-state index in [-0.39, 0.29) is 34.9 Å². The van der Waals surface area contributed by atoms with Crippen LogP contribution in [0.25, 0.3) is 0 Å². The molecule has 0 aromatic rings. The van der Waals surface area contributed by atoms with E-state index in [1.54, 1.807) is 0 Å². The van der Waals surface area contributed by atoms with Crippen molar-refractivity contribution in [1.82, 2.24) is 0 Å². The molecule has 0 saturated heterocycles. The summed E-state index contributed by atoms with van der Waals surface area (Å²) in [6, 6.07) is 0. The number of carboxylic acid groups (broad SMARTS) is 1. The summed E-state index contributed by atoms with van der Waals surface area (Å²) in [5, 5.41) is 31.0. The smallest absolute Gasteiger partial charge is 0.306 e. The summed E-state index contributed by atoms with van der Waals surface area (Å²) in [7, 11) is 0. The molecule has 4 aliphatic carbocycles. The highest BCUT2D eigenvalue weighted by atomic mass is 16.4. The number of carboxylic acids is 1. The average molecular weight is 393 g/mol. The monoisotopic (exact) mass is 392 g/mol. The first-order valence-electron chi connectivity index (χ1n) is 11.7. The van der Waals surface area contributed by atoms with Gasteiger partial charge in [0.25, 0.3) is 0 Å². The molecule has 0 aliphatic heterocycles. The molecular formula is C24H40O4. The summed E-state index contributed by atoms with van der Waals surface area (Å²) >= 11 is 0. The van der Waals surface area contributed by atoms with Crippen LogP contribution in [0.5, 0.6) is 0 Å². The van der Waals surface area contributed by atoms with Crippen LogP contribution < -0.4 is 0 Å². The third kappa shape index (κ3) is 2.88. The van der Waals surface area contributed by atoms with Gasteiger partial charge in [0.05, 0.1) is 18.1 Å². The Labute approximate surface area is 170 Å². The van der Waals surface area contributed by atoms with E-state index in [1.165, 1.54) is 0 Å². The minimum Gasteiger partial charge on any atom is -0.481 e. The highest BCUT2D eigenvalue weighted by Gasteiger charge is 2.63. The van der Waals surface area contributed by atoms with Gasteiger partial charge in [0.15, 0.2) is 0 Å². The summed E-state index contributed by atoms with van der Waals surface area (Å²) in [4.78, 5) is 11.6. The van der Waals surface area contributed by atoms with E-state index in [1.807, 2.05) is 6.92 Å². The Morgan fingerprint density at radius 1 is 0.929 bits per heavy atom. The molecule has 28 heavy (non-hydrogen) atoms. The van der Waals surface area contributed by atoms with Crippen molar-refractivity contribution in [3.05, 3.63) is 0 Å². The van der Waals surface area contributed by atoms with Gasteiger partial charge >= 0.3 is 5.97 Å². The highest BCUT2D eigenvalue weighted by molar-refractivity contribution is 5.69. The predicted molar refractivity (Wildman–Crippen MR) is 109 cm³/mol. The molecule has 0 aromatic carbocycles. The third-order valence-electron chi connectivity index (χ3n) is 10.5. The molecule has 4 rings (SSSR count). The molecule has 4 nitrogen and oxygen atoms in total. The Kier molecular flexibility index (Phi) is 5.14. The fourth-order valence-electron chi connectivity index (χ4n) is 8.68. The first-order chi connectivity index (χ1) is 13.1. The molecule has 4 aliphatic rings. The van der Waals surface area contributed by atoms with Crippen LogP contribution in [0.15, 0.2) is 0 Å². The Morgan fingerprint density at radius 2 is 1.57 bits per heavy atom. The Balaban J connectivity index is 1.61. The summed E-state index contributed by atoms with van der Waals surface area (Å²) < 4.78 is 0. The first kappa shape index (κ1) is 20.7. The Morgan fingerprint density at radius 3 is 2.25 bits per heavy atom. The zero-order valence-electron chi connectivity index (χ0n) is 18.1. The lowest BCUT2D eigenvalue weighted by Crippen LogP contribution is -2.58. The standard InChI is InChI=1S/C24H40O4/c1-13(14(2)22(27)28)17-5-6-18-21-19(8-10-24(17,18)4)23(3)9-7-16(25)11-15(23)12-20(21)26/h13-21,25-26H,5-12H2,1-4H3,(H,27,28)/t13-,14?,15+,16-,17-,18+,19+,20+,21+,23+,24-/m1/s1. The van der Waals surface area contributed by atoms with Crippen molar-refractivity contribution in [2.75, 3.05) is 0 Å². The van der Waals surface area contributed by atoms with Crippen molar-refractivity contribution in [3.63, 3.8) is 0 Å². The van der Waals surface area contributed by atoms with Crippen molar-refractivity contribution in [2.24, 2.45) is 52.3 Å². The van der Waals surface area contributed by atoms with Gasteiger partial charge in [-0.15, -0.1) is 0 Å². The van der Waals surface area contributed by atoms with Crippen LogP contribution in [0.4, 0.5) is 0 Å². The quantitative estimate of drug-likeness (QED) is 0.668. The molecule has 4 saturated carbocycles. The molecule has 160 valence electrons. The maximum Gasteiger partial charge on any atom is 0.306 e. The van der Waals surface area contributed by atoms with Gasteiger partial charge in [0.1, 0.15) is 0 Å². The van der Waals surface area contributed by atoms with Crippen LogP contribution >= 0.6 is 0 Å². The normalized spacial score (nSPS) is 52.9. The number of aliphatic hydroxyl groups is 2. The van der Waals surface area contributed by atoms with Gasteiger partial charge in [-0.3, -0.25) is 4.79 Å². The van der Waals surface area contributed by atoms with Gasteiger partial charge in [-0.25, -0.2) is 0 Å². The minimum atomic E-state index is -0.679. The zero-order valence-corrected chi connectivity index (χ0v) is 18.1. The van der Waals surface area contributed by atoms with Gasteiger partial charge in [-0.05, 0) is 97.7 Å². The molecule has 4 fully saturated rings. The van der Waals surface area contributed by atoms with Crippen LogP contribution in [-0.2, 0) is 4.79 Å². The topological polar surface area (TPSA) is 77.8 Å². The second kappa shape index (κ2) is 6.97. The minimum absolute atomic E-state index is 0.155. The van der Waals surface area contributed by atoms with Crippen molar-refractivity contribution in [2.45, 2.75) is 91.3 Å². The van der Waals surface area contributed by atoms with Crippen LogP contribution in [0, 0.1) is 52.3 Å². The third-order valence-corrected chi connectivity index (χ3v) is 10.5. The van der Waals surface area contributed by atoms with Crippen molar-refractivity contribution in [1.29, 1.82) is 0 Å². The largest absolute Gasteiger partial charge is 0.481 e. The maximum absolute atomic E-state index is 11.6. The van der Waals surface area contributed by atoms with Crippen molar-refractivity contribution < 1.29 is 20.1 Å². The summed E-state index contributed by atoms with van der Waals surface area (Å²) in [5.74, 6) is 1.50. The number of hydrogen-bond donors (Lipinski definition) is 3. The number of hydrogen-bond acceptors (Lipinski definition) is 3. The molecule has 0 amide bonds. The molecular weight excluding hydrogens is 352 g/mol. The molecule has 11 atom stereocenters. The van der Waals surface area contributed by atoms with E-state index < -0.39 is 5.97 Å². The number of rotatable bonds is 3. The molecule has 0 heterocycles. The Hall–Kier alpha value is -0.610. The summed E-state index contributed by atoms with van der Waals surface area (Å²) in [6.45, 7) is 8.85. The molecule has 0 spiro atoms. The van der Waals surface area contributed by atoms with Gasteiger partial charge in [-0.1, -0.05) is 27.7 Å². The first-order valence-corrected chi connectivity index (χ1v) is 11.7. The fraction of sp³-hybridized carbons (Fsp3) is 0.958. The maximum atomic E-state index is 11.6. The SMILES string of the molecule is CC(C(=O)O)[C@@H](C)[C@H]1CC[C@H]2[C@@H]3[C@@H](O)C[C@@H]4C[C@H](O)CC[C@]4(C)[C@H]3CC[C@]12C. The van der Waals surface area contributed by atoms with E-state index >= 15 is 0 Å². The lowest BCUT2D eigenvalue weighted by Gasteiger charge is -2.62. The van der Waals surface area contributed by atoms with Gasteiger partial charge in [-0.2, -0.15) is 0 Å². The molecule has 4 heteroatoms. The number of fused-ring (bicyclic) bond motifs is 5. The van der Waals surface area contributed by atoms with Gasteiger partial charge in [0, 0.05) is 0 Å². The van der Waals surface area contributed by atoms with Crippen molar-refractivity contribution in [3.8, 4) is 0 Å². The Bertz CT molecular complexity index is 620. The molecule has 0 aromatic heterocycles. The second-order valence-electron chi connectivity index (χ2n) is 11.4. The summed E-state index contributed by atoms with van der Waals surface area (Å²) in [6.07, 6.45) is 7.81. The average Bonchev–Trinajstić information content (AvgIpc) is 2.99. The lowest BCUT2D eigenvalue weighted by atomic mass is 9.43. The second-order valence-corrected chi connectivity index (χ2v) is 11.4. The zero-order chi connectivity index (χ0) is 20.4. The highest BCUT2D eigenvalue weighted by Crippen LogP contribution is 2.68. The van der Waals surface area contributed by atoms with E-state index in [0.29, 0.717) is 29.6 Å².